The summed E-state index contributed by atoms with van der Waals surface area (Å²) in [6.45, 7) is 0. The van der Waals surface area contributed by atoms with Crippen molar-refractivity contribution in [2.24, 2.45) is 0 Å². The number of rotatable bonds is 2. The molecule has 0 amide bonds. The molecule has 0 fully saturated rings. The molecule has 0 saturated heterocycles. The Morgan fingerprint density at radius 3 is 2.32 bits per heavy atom. The van der Waals surface area contributed by atoms with Gasteiger partial charge < -0.3 is 4.74 Å². The zero-order chi connectivity index (χ0) is 14.0. The largest absolute Gasteiger partial charge is 0.496 e. The summed E-state index contributed by atoms with van der Waals surface area (Å²) in [6, 6.07) is 9.91. The number of benzene rings is 2. The van der Waals surface area contributed by atoms with Gasteiger partial charge in [-0.15, -0.1) is 0 Å². The maximum atomic E-state index is 13.0. The van der Waals surface area contributed by atoms with E-state index in [1.165, 1.54) is 37.4 Å². The summed E-state index contributed by atoms with van der Waals surface area (Å²) in [7, 11) is 1.39. The van der Waals surface area contributed by atoms with Crippen molar-refractivity contribution >= 4 is 11.6 Å². The highest BCUT2D eigenvalue weighted by molar-refractivity contribution is 6.30. The molecule has 1 nitrogen and oxygen atoms in total. The van der Waals surface area contributed by atoms with Crippen LogP contribution in [0.25, 0.3) is 11.1 Å². The highest BCUT2D eigenvalue weighted by atomic mass is 35.5. The summed E-state index contributed by atoms with van der Waals surface area (Å²) in [4.78, 5) is 0. The molecule has 2 aromatic rings. The van der Waals surface area contributed by atoms with E-state index in [1.54, 1.807) is 6.07 Å². The van der Waals surface area contributed by atoms with Crippen LogP contribution >= 0.6 is 11.6 Å². The van der Waals surface area contributed by atoms with E-state index in [-0.39, 0.29) is 5.56 Å². The van der Waals surface area contributed by atoms with Crippen LogP contribution in [0.15, 0.2) is 42.5 Å². The third kappa shape index (κ3) is 2.84. The van der Waals surface area contributed by atoms with Gasteiger partial charge in [-0.1, -0.05) is 29.8 Å². The van der Waals surface area contributed by atoms with E-state index in [2.05, 4.69) is 0 Å². The smallest absolute Gasteiger partial charge is 0.417 e. The van der Waals surface area contributed by atoms with Crippen molar-refractivity contribution in [3.8, 4) is 16.9 Å². The Balaban J connectivity index is 2.66. The van der Waals surface area contributed by atoms with Crippen LogP contribution in [0.3, 0.4) is 0 Å². The predicted molar refractivity (Wildman–Crippen MR) is 68.4 cm³/mol. The number of hydrogen-bond donors (Lipinski definition) is 0. The van der Waals surface area contributed by atoms with Gasteiger partial charge in [-0.25, -0.2) is 0 Å². The van der Waals surface area contributed by atoms with E-state index in [0.717, 1.165) is 6.07 Å². The third-order valence-corrected chi connectivity index (χ3v) is 2.92. The summed E-state index contributed by atoms with van der Waals surface area (Å²) < 4.78 is 44.0. The quantitative estimate of drug-likeness (QED) is 0.752. The maximum Gasteiger partial charge on any atom is 0.417 e. The predicted octanol–water partition coefficient (Wildman–Crippen LogP) is 5.03. The van der Waals surface area contributed by atoms with Crippen LogP contribution < -0.4 is 4.74 Å². The molecule has 0 aliphatic heterocycles. The van der Waals surface area contributed by atoms with Crippen molar-refractivity contribution in [2.45, 2.75) is 6.18 Å². The van der Waals surface area contributed by atoms with E-state index in [9.17, 15) is 13.2 Å². The summed E-state index contributed by atoms with van der Waals surface area (Å²) in [6.07, 6.45) is -4.42. The summed E-state index contributed by atoms with van der Waals surface area (Å²) in [5.74, 6) is 0.309. The van der Waals surface area contributed by atoms with Gasteiger partial charge in [-0.05, 0) is 29.8 Å². The van der Waals surface area contributed by atoms with Crippen LogP contribution in [0.5, 0.6) is 5.75 Å². The first-order valence-electron chi connectivity index (χ1n) is 5.43. The molecule has 0 aliphatic rings. The van der Waals surface area contributed by atoms with Crippen LogP contribution in [-0.2, 0) is 6.18 Å². The van der Waals surface area contributed by atoms with Gasteiger partial charge in [0.15, 0.2) is 0 Å². The average Bonchev–Trinajstić information content (AvgIpc) is 2.37. The van der Waals surface area contributed by atoms with E-state index in [1.807, 2.05) is 0 Å². The van der Waals surface area contributed by atoms with E-state index in [0.29, 0.717) is 16.3 Å². The van der Waals surface area contributed by atoms with Crippen molar-refractivity contribution in [3.05, 3.63) is 53.1 Å². The number of halogens is 4. The minimum atomic E-state index is -4.42. The number of hydrogen-bond acceptors (Lipinski definition) is 1. The monoisotopic (exact) mass is 286 g/mol. The molecule has 0 bridgehead atoms. The summed E-state index contributed by atoms with van der Waals surface area (Å²) >= 11 is 5.81. The molecule has 19 heavy (non-hydrogen) atoms. The average molecular weight is 287 g/mol. The lowest BCUT2D eigenvalue weighted by Gasteiger charge is -2.15. The summed E-state index contributed by atoms with van der Waals surface area (Å²) in [5.41, 5.74) is -0.265. The molecule has 0 N–H and O–H groups in total. The molecular weight excluding hydrogens is 277 g/mol. The lowest BCUT2D eigenvalue weighted by molar-refractivity contribution is -0.137. The molecule has 0 saturated carbocycles. The van der Waals surface area contributed by atoms with Gasteiger partial charge in [0, 0.05) is 10.6 Å². The van der Waals surface area contributed by atoms with Gasteiger partial charge in [0.25, 0.3) is 0 Å². The second kappa shape index (κ2) is 5.13. The van der Waals surface area contributed by atoms with Crippen LogP contribution in [-0.4, -0.2) is 7.11 Å². The standard InChI is InChI=1S/C14H10ClF3O/c1-19-13-8-9(15)6-7-11(13)10-4-2-3-5-12(10)14(16,17)18/h2-8H,1H3. The zero-order valence-corrected chi connectivity index (χ0v) is 10.7. The first-order valence-corrected chi connectivity index (χ1v) is 5.81. The first kappa shape index (κ1) is 13.7. The number of ether oxygens (including phenoxy) is 1. The van der Waals surface area contributed by atoms with Gasteiger partial charge in [0.2, 0.25) is 0 Å². The fourth-order valence-corrected chi connectivity index (χ4v) is 2.01. The van der Waals surface area contributed by atoms with Crippen LogP contribution in [0.1, 0.15) is 5.56 Å². The molecule has 0 aliphatic carbocycles. The zero-order valence-electron chi connectivity index (χ0n) is 9.96. The molecule has 0 heterocycles. The Morgan fingerprint density at radius 2 is 1.68 bits per heavy atom. The topological polar surface area (TPSA) is 9.23 Å². The van der Waals surface area contributed by atoms with Gasteiger partial charge in [-0.3, -0.25) is 0 Å². The summed E-state index contributed by atoms with van der Waals surface area (Å²) in [5, 5.41) is 0.407. The Hall–Kier alpha value is -1.68. The first-order chi connectivity index (χ1) is 8.93. The van der Waals surface area contributed by atoms with Crippen LogP contribution in [0.2, 0.25) is 5.02 Å². The molecule has 0 atom stereocenters. The van der Waals surface area contributed by atoms with Gasteiger partial charge >= 0.3 is 6.18 Å². The van der Waals surface area contributed by atoms with E-state index < -0.39 is 11.7 Å². The minimum Gasteiger partial charge on any atom is -0.496 e. The van der Waals surface area contributed by atoms with Crippen LogP contribution in [0.4, 0.5) is 13.2 Å². The molecule has 0 aromatic heterocycles. The molecule has 100 valence electrons. The Morgan fingerprint density at radius 1 is 1.00 bits per heavy atom. The Labute approximate surface area is 113 Å². The molecule has 0 unspecified atom stereocenters. The fraction of sp³-hybridized carbons (Fsp3) is 0.143. The van der Waals surface area contributed by atoms with E-state index >= 15 is 0 Å². The second-order valence-electron chi connectivity index (χ2n) is 3.89. The molecule has 0 spiro atoms. The van der Waals surface area contributed by atoms with Crippen molar-refractivity contribution in [3.63, 3.8) is 0 Å². The molecule has 5 heteroatoms. The molecular formula is C14H10ClF3O. The Bertz CT molecular complexity index is 593. The molecule has 2 aromatic carbocycles. The van der Waals surface area contributed by atoms with Crippen LogP contribution in [0, 0.1) is 0 Å². The highest BCUT2D eigenvalue weighted by Crippen LogP contribution is 2.40. The SMILES string of the molecule is COc1cc(Cl)ccc1-c1ccccc1C(F)(F)F. The maximum absolute atomic E-state index is 13.0. The second-order valence-corrected chi connectivity index (χ2v) is 4.32. The number of alkyl halides is 3. The van der Waals surface area contributed by atoms with Crippen molar-refractivity contribution < 1.29 is 17.9 Å². The Kier molecular flexibility index (Phi) is 3.71. The fourth-order valence-electron chi connectivity index (χ4n) is 1.85. The van der Waals surface area contributed by atoms with Gasteiger partial charge in [-0.2, -0.15) is 13.2 Å². The third-order valence-electron chi connectivity index (χ3n) is 2.69. The number of methoxy groups -OCH3 is 1. The highest BCUT2D eigenvalue weighted by Gasteiger charge is 2.33. The van der Waals surface area contributed by atoms with Crippen molar-refractivity contribution in [2.75, 3.05) is 7.11 Å². The van der Waals surface area contributed by atoms with E-state index in [4.69, 9.17) is 16.3 Å². The normalized spacial score (nSPS) is 11.4. The van der Waals surface area contributed by atoms with Gasteiger partial charge in [0.05, 0.1) is 12.7 Å². The van der Waals surface area contributed by atoms with Gasteiger partial charge in [0.1, 0.15) is 5.75 Å². The lowest BCUT2D eigenvalue weighted by Crippen LogP contribution is -2.07. The molecule has 2 rings (SSSR count). The lowest BCUT2D eigenvalue weighted by atomic mass is 9.98. The van der Waals surface area contributed by atoms with Crippen molar-refractivity contribution in [1.82, 2.24) is 0 Å². The molecule has 0 radical (unpaired) electrons. The minimum absolute atomic E-state index is 0.0727. The van der Waals surface area contributed by atoms with Crippen molar-refractivity contribution in [1.29, 1.82) is 0 Å².